The maximum absolute atomic E-state index is 13.9. The number of amides is 1. The molecule has 1 amide bonds. The third-order valence-electron chi connectivity index (χ3n) is 6.26. The lowest BCUT2D eigenvalue weighted by molar-refractivity contribution is -0.113. The summed E-state index contributed by atoms with van der Waals surface area (Å²) in [4.78, 5) is 32.7. The molecule has 200 valence electrons. The molecule has 0 aliphatic carbocycles. The van der Waals surface area contributed by atoms with E-state index in [4.69, 9.17) is 20.9 Å². The number of terminal acetylenes is 1. The van der Waals surface area contributed by atoms with Crippen molar-refractivity contribution in [2.75, 3.05) is 19.0 Å². The number of carbonyl (C=O) groups is 1. The number of thiazole rings is 1. The van der Waals surface area contributed by atoms with Crippen LogP contribution in [-0.2, 0) is 4.79 Å². The first-order valence-electron chi connectivity index (χ1n) is 12.3. The summed E-state index contributed by atoms with van der Waals surface area (Å²) < 4.78 is 13.8. The zero-order valence-electron chi connectivity index (χ0n) is 21.7. The predicted molar refractivity (Wildman–Crippen MR) is 160 cm³/mol. The van der Waals surface area contributed by atoms with Crippen molar-refractivity contribution >= 4 is 44.9 Å². The van der Waals surface area contributed by atoms with Crippen LogP contribution in [0, 0.1) is 12.3 Å². The Bertz CT molecular complexity index is 1840. The highest BCUT2D eigenvalue weighted by atomic mass is 79.9. The minimum absolute atomic E-state index is 0.0892. The highest BCUT2D eigenvalue weighted by molar-refractivity contribution is 9.10. The smallest absolute Gasteiger partial charge is 0.271 e. The Morgan fingerprint density at radius 2 is 1.88 bits per heavy atom. The van der Waals surface area contributed by atoms with Crippen LogP contribution in [0.25, 0.3) is 6.08 Å². The van der Waals surface area contributed by atoms with Gasteiger partial charge in [0.1, 0.15) is 6.61 Å². The highest BCUT2D eigenvalue weighted by Crippen LogP contribution is 2.37. The Morgan fingerprint density at radius 3 is 2.55 bits per heavy atom. The van der Waals surface area contributed by atoms with Gasteiger partial charge in [0.05, 0.1) is 33.4 Å². The first-order chi connectivity index (χ1) is 19.4. The number of benzene rings is 3. The topological polar surface area (TPSA) is 81.9 Å². The fourth-order valence-electron chi connectivity index (χ4n) is 4.51. The highest BCUT2D eigenvalue weighted by Gasteiger charge is 2.32. The second-order valence-corrected chi connectivity index (χ2v) is 10.7. The predicted octanol–water partition coefficient (Wildman–Crippen LogP) is 4.66. The molecule has 1 aliphatic heterocycles. The van der Waals surface area contributed by atoms with Gasteiger partial charge in [0.15, 0.2) is 16.3 Å². The van der Waals surface area contributed by atoms with Crippen LogP contribution in [0.2, 0.25) is 0 Å². The van der Waals surface area contributed by atoms with Gasteiger partial charge in [-0.05, 0) is 64.3 Å². The summed E-state index contributed by atoms with van der Waals surface area (Å²) in [5.41, 5.74) is 2.89. The number of methoxy groups -OCH3 is 1. The molecular formula is C31H24BrN3O4S. The summed E-state index contributed by atoms with van der Waals surface area (Å²) in [5, 5.41) is 2.96. The van der Waals surface area contributed by atoms with Crippen LogP contribution in [0.1, 0.15) is 24.1 Å². The summed E-state index contributed by atoms with van der Waals surface area (Å²) in [6, 6.07) is 21.7. The molecule has 9 heteroatoms. The number of allylic oxidation sites excluding steroid dienone is 1. The maximum Gasteiger partial charge on any atom is 0.271 e. The zero-order valence-corrected chi connectivity index (χ0v) is 24.1. The van der Waals surface area contributed by atoms with E-state index in [0.29, 0.717) is 42.3 Å². The third kappa shape index (κ3) is 5.37. The first-order valence-corrected chi connectivity index (χ1v) is 13.9. The van der Waals surface area contributed by atoms with Crippen LogP contribution in [0.15, 0.2) is 98.3 Å². The average Bonchev–Trinajstić information content (AvgIpc) is 3.26. The van der Waals surface area contributed by atoms with E-state index in [-0.39, 0.29) is 18.1 Å². The van der Waals surface area contributed by atoms with Gasteiger partial charge in [0.25, 0.3) is 11.5 Å². The first kappa shape index (κ1) is 27.2. The number of nitrogens with zero attached hydrogens (tertiary/aromatic N) is 2. The fraction of sp³-hybridized carbons (Fsp3) is 0.129. The van der Waals surface area contributed by atoms with Crippen LogP contribution < -0.4 is 29.7 Å². The second-order valence-electron chi connectivity index (χ2n) is 8.84. The van der Waals surface area contributed by atoms with Crippen molar-refractivity contribution in [3.8, 4) is 23.8 Å². The number of hydrogen-bond donors (Lipinski definition) is 1. The maximum atomic E-state index is 13.9. The number of halogens is 1. The molecule has 1 aromatic heterocycles. The van der Waals surface area contributed by atoms with Gasteiger partial charge >= 0.3 is 0 Å². The molecule has 5 rings (SSSR count). The standard InChI is InChI=1S/C31H24BrN3O4S/c1-4-15-39-28-23(32)16-20(17-24(28)38-3)18-25-30(37)35-27(21-11-7-5-8-12-21)26(19(2)33-31(35)40-25)29(36)34-22-13-9-6-10-14-22/h1,5-14,16-18,27H,15H2,2-3H3,(H,34,36)/b25-18-/t27-/m1/s1. The van der Waals surface area contributed by atoms with E-state index in [1.165, 1.54) is 18.4 Å². The number of aromatic nitrogens is 1. The number of ether oxygens (including phenoxy) is 2. The normalized spacial score (nSPS) is 14.7. The molecule has 1 atom stereocenters. The van der Waals surface area contributed by atoms with E-state index in [2.05, 4.69) is 27.2 Å². The van der Waals surface area contributed by atoms with E-state index in [1.54, 1.807) is 23.6 Å². The lowest BCUT2D eigenvalue weighted by Crippen LogP contribution is -2.40. The van der Waals surface area contributed by atoms with E-state index < -0.39 is 6.04 Å². The van der Waals surface area contributed by atoms with Gasteiger partial charge < -0.3 is 14.8 Å². The largest absolute Gasteiger partial charge is 0.493 e. The van der Waals surface area contributed by atoms with Crippen molar-refractivity contribution in [2.45, 2.75) is 13.0 Å². The molecule has 0 saturated heterocycles. The lowest BCUT2D eigenvalue weighted by atomic mass is 9.95. The SMILES string of the molecule is C#CCOc1c(Br)cc(/C=c2\sc3n(c2=O)[C@H](c2ccccc2)C(C(=O)Nc2ccccc2)=C(C)N=3)cc1OC. The summed E-state index contributed by atoms with van der Waals surface area (Å²) in [7, 11) is 1.53. The molecule has 7 nitrogen and oxygen atoms in total. The van der Waals surface area contributed by atoms with Crippen molar-refractivity contribution in [3.63, 3.8) is 0 Å². The molecule has 0 bridgehead atoms. The summed E-state index contributed by atoms with van der Waals surface area (Å²) in [5.74, 6) is 3.08. The minimum Gasteiger partial charge on any atom is -0.493 e. The molecule has 0 unspecified atom stereocenters. The molecular weight excluding hydrogens is 590 g/mol. The minimum atomic E-state index is -0.649. The monoisotopic (exact) mass is 613 g/mol. The Morgan fingerprint density at radius 1 is 1.18 bits per heavy atom. The van der Waals surface area contributed by atoms with E-state index in [0.717, 1.165) is 11.1 Å². The van der Waals surface area contributed by atoms with Crippen LogP contribution in [0.4, 0.5) is 5.69 Å². The van der Waals surface area contributed by atoms with Crippen molar-refractivity contribution in [1.82, 2.24) is 4.57 Å². The fourth-order valence-corrected chi connectivity index (χ4v) is 6.13. The van der Waals surface area contributed by atoms with Crippen LogP contribution in [0.5, 0.6) is 11.5 Å². The average molecular weight is 615 g/mol. The van der Waals surface area contributed by atoms with E-state index >= 15 is 0 Å². The van der Waals surface area contributed by atoms with Gasteiger partial charge in [-0.1, -0.05) is 65.8 Å². The summed E-state index contributed by atoms with van der Waals surface area (Å²) >= 11 is 4.78. The second kappa shape index (κ2) is 11.8. The van der Waals surface area contributed by atoms with Crippen LogP contribution in [0.3, 0.4) is 0 Å². The van der Waals surface area contributed by atoms with Gasteiger partial charge in [0.2, 0.25) is 0 Å². The third-order valence-corrected chi connectivity index (χ3v) is 7.83. The molecule has 0 radical (unpaired) electrons. The quantitative estimate of drug-likeness (QED) is 0.308. The molecule has 3 aromatic carbocycles. The Balaban J connectivity index is 1.63. The molecule has 4 aromatic rings. The van der Waals surface area contributed by atoms with Gasteiger partial charge in [-0.15, -0.1) is 6.42 Å². The number of carbonyl (C=O) groups excluding carboxylic acids is 1. The molecule has 40 heavy (non-hydrogen) atoms. The van der Waals surface area contributed by atoms with Gasteiger partial charge in [-0.25, -0.2) is 4.99 Å². The molecule has 0 fully saturated rings. The molecule has 1 N–H and O–H groups in total. The van der Waals surface area contributed by atoms with Gasteiger partial charge in [0, 0.05) is 5.69 Å². The Labute approximate surface area is 243 Å². The van der Waals surface area contributed by atoms with E-state index in [9.17, 15) is 9.59 Å². The van der Waals surface area contributed by atoms with Crippen molar-refractivity contribution in [1.29, 1.82) is 0 Å². The van der Waals surface area contributed by atoms with Crippen LogP contribution in [-0.4, -0.2) is 24.2 Å². The summed E-state index contributed by atoms with van der Waals surface area (Å²) in [6.45, 7) is 1.88. The molecule has 2 heterocycles. The number of hydrogen-bond acceptors (Lipinski definition) is 6. The number of nitrogens with one attached hydrogen (secondary N) is 1. The van der Waals surface area contributed by atoms with Crippen molar-refractivity contribution in [2.24, 2.45) is 4.99 Å². The Hall–Kier alpha value is -4.39. The van der Waals surface area contributed by atoms with Crippen molar-refractivity contribution in [3.05, 3.63) is 119 Å². The van der Waals surface area contributed by atoms with Crippen molar-refractivity contribution < 1.29 is 14.3 Å². The molecule has 1 aliphatic rings. The van der Waals surface area contributed by atoms with Gasteiger partial charge in [-0.3, -0.25) is 14.2 Å². The summed E-state index contributed by atoms with van der Waals surface area (Å²) in [6.07, 6.45) is 7.11. The Kier molecular flexibility index (Phi) is 8.01. The number of rotatable bonds is 7. The molecule has 0 spiro atoms. The number of para-hydroxylation sites is 1. The lowest BCUT2D eigenvalue weighted by Gasteiger charge is -2.25. The van der Waals surface area contributed by atoms with Crippen LogP contribution >= 0.6 is 27.3 Å². The van der Waals surface area contributed by atoms with E-state index in [1.807, 2.05) is 66.7 Å². The number of anilines is 1. The number of fused-ring (bicyclic) bond motifs is 1. The zero-order chi connectivity index (χ0) is 28.2. The molecule has 0 saturated carbocycles. The van der Waals surface area contributed by atoms with Gasteiger partial charge in [-0.2, -0.15) is 0 Å².